The Morgan fingerprint density at radius 2 is 2.00 bits per heavy atom. The molecule has 1 amide bonds. The lowest BCUT2D eigenvalue weighted by atomic mass is 9.82. The van der Waals surface area contributed by atoms with Gasteiger partial charge >= 0.3 is 0 Å². The molecule has 1 fully saturated rings. The van der Waals surface area contributed by atoms with Crippen LogP contribution in [0.15, 0.2) is 18.2 Å². The molecule has 0 saturated carbocycles. The zero-order valence-corrected chi connectivity index (χ0v) is 11.4. The number of nitrogens with zero attached hydrogens (tertiary/aromatic N) is 2. The quantitative estimate of drug-likeness (QED) is 0.786. The lowest BCUT2D eigenvalue weighted by molar-refractivity contribution is 0.0661. The summed E-state index contributed by atoms with van der Waals surface area (Å²) >= 11 is 0. The maximum Gasteiger partial charge on any atom is 0.253 e. The Kier molecular flexibility index (Phi) is 3.01. The summed E-state index contributed by atoms with van der Waals surface area (Å²) in [5.74, 6) is 1.29. The Morgan fingerprint density at radius 3 is 2.70 bits per heavy atom. The first-order chi connectivity index (χ1) is 9.61. The Balaban J connectivity index is 1.73. The van der Waals surface area contributed by atoms with Crippen LogP contribution in [0.5, 0.6) is 11.5 Å². The smallest absolute Gasteiger partial charge is 0.253 e. The highest BCUT2D eigenvalue weighted by Gasteiger charge is 2.32. The average molecular weight is 272 g/mol. The second-order valence-corrected chi connectivity index (χ2v) is 5.53. The summed E-state index contributed by atoms with van der Waals surface area (Å²) in [6, 6.07) is 7.58. The molecule has 2 aliphatic heterocycles. The Labute approximate surface area is 117 Å². The fraction of sp³-hybridized carbons (Fsp3) is 0.467. The van der Waals surface area contributed by atoms with Crippen molar-refractivity contribution in [3.63, 3.8) is 0 Å². The molecule has 0 atom stereocenters. The topological polar surface area (TPSA) is 62.6 Å². The van der Waals surface area contributed by atoms with E-state index in [2.05, 4.69) is 6.07 Å². The van der Waals surface area contributed by atoms with Crippen molar-refractivity contribution in [2.75, 3.05) is 19.9 Å². The Bertz CT molecular complexity index is 583. The van der Waals surface area contributed by atoms with Crippen LogP contribution in [-0.2, 0) is 0 Å². The van der Waals surface area contributed by atoms with Gasteiger partial charge in [-0.3, -0.25) is 4.79 Å². The molecule has 0 aliphatic carbocycles. The summed E-state index contributed by atoms with van der Waals surface area (Å²) in [7, 11) is 0. The number of rotatable bonds is 1. The number of benzene rings is 1. The lowest BCUT2D eigenvalue weighted by Crippen LogP contribution is -2.41. The van der Waals surface area contributed by atoms with E-state index in [0.29, 0.717) is 30.2 Å². The van der Waals surface area contributed by atoms with Crippen LogP contribution >= 0.6 is 0 Å². The van der Waals surface area contributed by atoms with Crippen molar-refractivity contribution in [1.29, 1.82) is 5.26 Å². The molecule has 0 spiro atoms. The van der Waals surface area contributed by atoms with Gasteiger partial charge in [0.1, 0.15) is 0 Å². The van der Waals surface area contributed by atoms with Crippen molar-refractivity contribution in [3.05, 3.63) is 23.8 Å². The highest BCUT2D eigenvalue weighted by atomic mass is 16.7. The van der Waals surface area contributed by atoms with E-state index in [0.717, 1.165) is 12.8 Å². The Hall–Kier alpha value is -2.22. The molecule has 2 aliphatic rings. The van der Waals surface area contributed by atoms with E-state index in [9.17, 15) is 4.79 Å². The van der Waals surface area contributed by atoms with Gasteiger partial charge in [-0.2, -0.15) is 5.26 Å². The van der Waals surface area contributed by atoms with Crippen LogP contribution in [0.1, 0.15) is 30.1 Å². The zero-order valence-electron chi connectivity index (χ0n) is 11.4. The second-order valence-electron chi connectivity index (χ2n) is 5.53. The molecule has 104 valence electrons. The van der Waals surface area contributed by atoms with Crippen molar-refractivity contribution < 1.29 is 14.3 Å². The van der Waals surface area contributed by atoms with E-state index in [1.807, 2.05) is 6.92 Å². The van der Waals surface area contributed by atoms with Crippen LogP contribution < -0.4 is 9.47 Å². The highest BCUT2D eigenvalue weighted by Crippen LogP contribution is 2.34. The molecule has 1 aromatic carbocycles. The molecule has 5 heteroatoms. The van der Waals surface area contributed by atoms with Gasteiger partial charge in [-0.05, 0) is 38.0 Å². The molecular weight excluding hydrogens is 256 g/mol. The van der Waals surface area contributed by atoms with E-state index < -0.39 is 0 Å². The third kappa shape index (κ3) is 2.18. The molecule has 3 rings (SSSR count). The highest BCUT2D eigenvalue weighted by molar-refractivity contribution is 5.95. The second kappa shape index (κ2) is 4.71. The first-order valence-corrected chi connectivity index (χ1v) is 6.71. The molecule has 0 unspecified atom stereocenters. The number of amides is 1. The minimum atomic E-state index is -0.300. The minimum Gasteiger partial charge on any atom is -0.454 e. The summed E-state index contributed by atoms with van der Waals surface area (Å²) in [4.78, 5) is 14.2. The number of piperidine rings is 1. The third-order valence-electron chi connectivity index (χ3n) is 4.04. The Morgan fingerprint density at radius 1 is 1.30 bits per heavy atom. The number of hydrogen-bond acceptors (Lipinski definition) is 4. The molecule has 2 heterocycles. The van der Waals surface area contributed by atoms with Gasteiger partial charge in [-0.25, -0.2) is 0 Å². The molecular formula is C15H16N2O3. The summed E-state index contributed by atoms with van der Waals surface area (Å²) in [5.41, 5.74) is 0.306. The van der Waals surface area contributed by atoms with Gasteiger partial charge in [-0.1, -0.05) is 0 Å². The van der Waals surface area contributed by atoms with Crippen molar-refractivity contribution in [3.8, 4) is 17.6 Å². The van der Waals surface area contributed by atoms with E-state index in [4.69, 9.17) is 14.7 Å². The van der Waals surface area contributed by atoms with Crippen LogP contribution in [0.3, 0.4) is 0 Å². The van der Waals surface area contributed by atoms with Gasteiger partial charge in [0.25, 0.3) is 5.91 Å². The number of hydrogen-bond donors (Lipinski definition) is 0. The van der Waals surface area contributed by atoms with Crippen LogP contribution in [0.25, 0.3) is 0 Å². The first kappa shape index (κ1) is 12.8. The van der Waals surface area contributed by atoms with Gasteiger partial charge in [-0.15, -0.1) is 0 Å². The fourth-order valence-corrected chi connectivity index (χ4v) is 2.53. The van der Waals surface area contributed by atoms with Gasteiger partial charge < -0.3 is 14.4 Å². The van der Waals surface area contributed by atoms with Crippen LogP contribution in [0.2, 0.25) is 0 Å². The van der Waals surface area contributed by atoms with Crippen molar-refractivity contribution in [1.82, 2.24) is 4.90 Å². The first-order valence-electron chi connectivity index (χ1n) is 6.71. The van der Waals surface area contributed by atoms with Crippen LogP contribution in [-0.4, -0.2) is 30.7 Å². The summed E-state index contributed by atoms with van der Waals surface area (Å²) < 4.78 is 10.5. The number of carbonyl (C=O) groups excluding carboxylic acids is 1. The number of nitriles is 1. The molecule has 0 bridgehead atoms. The van der Waals surface area contributed by atoms with Gasteiger partial charge in [0.2, 0.25) is 6.79 Å². The largest absolute Gasteiger partial charge is 0.454 e. The number of ether oxygens (including phenoxy) is 2. The third-order valence-corrected chi connectivity index (χ3v) is 4.04. The number of carbonyl (C=O) groups is 1. The minimum absolute atomic E-state index is 0.0108. The molecule has 20 heavy (non-hydrogen) atoms. The predicted octanol–water partition coefficient (Wildman–Crippen LogP) is 2.18. The summed E-state index contributed by atoms with van der Waals surface area (Å²) in [6.07, 6.45) is 1.44. The van der Waals surface area contributed by atoms with Crippen molar-refractivity contribution >= 4 is 5.91 Å². The molecule has 0 aromatic heterocycles. The zero-order chi connectivity index (χ0) is 14.2. The molecule has 5 nitrogen and oxygen atoms in total. The monoisotopic (exact) mass is 272 g/mol. The van der Waals surface area contributed by atoms with Crippen LogP contribution in [0.4, 0.5) is 0 Å². The van der Waals surface area contributed by atoms with Crippen molar-refractivity contribution in [2.24, 2.45) is 5.41 Å². The van der Waals surface area contributed by atoms with Crippen molar-refractivity contribution in [2.45, 2.75) is 19.8 Å². The van der Waals surface area contributed by atoms with E-state index in [1.54, 1.807) is 23.1 Å². The molecule has 0 N–H and O–H groups in total. The van der Waals surface area contributed by atoms with Crippen LogP contribution in [0, 0.1) is 16.7 Å². The predicted molar refractivity (Wildman–Crippen MR) is 71.4 cm³/mol. The van der Waals surface area contributed by atoms with Gasteiger partial charge in [0.05, 0.1) is 11.5 Å². The summed E-state index contributed by atoms with van der Waals surface area (Å²) in [6.45, 7) is 3.40. The van der Waals surface area contributed by atoms with Gasteiger partial charge in [0, 0.05) is 18.7 Å². The normalized spacial score (nSPS) is 19.5. The lowest BCUT2D eigenvalue weighted by Gasteiger charge is -2.35. The maximum atomic E-state index is 12.4. The number of fused-ring (bicyclic) bond motifs is 1. The molecule has 1 aromatic rings. The fourth-order valence-electron chi connectivity index (χ4n) is 2.53. The standard InChI is InChI=1S/C15H16N2O3/c1-15(9-16)4-6-17(7-5-15)14(18)11-2-3-12-13(8-11)20-10-19-12/h2-3,8H,4-7,10H2,1H3. The van der Waals surface area contributed by atoms with E-state index in [-0.39, 0.29) is 18.1 Å². The SMILES string of the molecule is CC1(C#N)CCN(C(=O)c2ccc3c(c2)OCO3)CC1. The average Bonchev–Trinajstić information content (AvgIpc) is 2.94. The van der Waals surface area contributed by atoms with E-state index >= 15 is 0 Å². The number of likely N-dealkylation sites (tertiary alicyclic amines) is 1. The summed E-state index contributed by atoms with van der Waals surface area (Å²) in [5, 5.41) is 9.11. The molecule has 0 radical (unpaired) electrons. The van der Waals surface area contributed by atoms with E-state index in [1.165, 1.54) is 0 Å². The maximum absolute atomic E-state index is 12.4. The van der Waals surface area contributed by atoms with Gasteiger partial charge in [0.15, 0.2) is 11.5 Å². The molecule has 1 saturated heterocycles.